The first-order valence-electron chi connectivity index (χ1n) is 8.52. The van der Waals surface area contributed by atoms with E-state index >= 15 is 0 Å². The van der Waals surface area contributed by atoms with Gasteiger partial charge in [-0.15, -0.1) is 11.3 Å². The van der Waals surface area contributed by atoms with Crippen molar-refractivity contribution in [1.29, 1.82) is 0 Å². The molecule has 0 radical (unpaired) electrons. The number of carbonyl (C=O) groups is 1. The molecule has 0 aliphatic carbocycles. The number of benzene rings is 1. The van der Waals surface area contributed by atoms with Gasteiger partial charge in [0.25, 0.3) is 0 Å². The number of ether oxygens (including phenoxy) is 1. The number of nitrogens with one attached hydrogen (secondary N) is 2. The Labute approximate surface area is 176 Å². The van der Waals surface area contributed by atoms with E-state index in [0.717, 1.165) is 16.8 Å². The zero-order valence-corrected chi connectivity index (χ0v) is 17.3. The number of carbonyl (C=O) groups excluding carboxylic acids is 1. The topological polar surface area (TPSA) is 76.1 Å². The second kappa shape index (κ2) is 9.84. The Morgan fingerprint density at radius 3 is 2.86 bits per heavy atom. The number of anilines is 1. The molecule has 0 aliphatic rings. The van der Waals surface area contributed by atoms with Crippen molar-refractivity contribution in [2.45, 2.75) is 19.6 Å². The van der Waals surface area contributed by atoms with Crippen molar-refractivity contribution in [3.63, 3.8) is 0 Å². The Morgan fingerprint density at radius 1 is 1.29 bits per heavy atom. The molecule has 1 atom stereocenters. The minimum Gasteiger partial charge on any atom is -0.367 e. The maximum absolute atomic E-state index is 12.2. The Hall–Kier alpha value is -2.19. The van der Waals surface area contributed by atoms with Crippen molar-refractivity contribution < 1.29 is 9.53 Å². The van der Waals surface area contributed by atoms with E-state index in [2.05, 4.69) is 20.6 Å². The molecule has 6 nitrogen and oxygen atoms in total. The number of hydrogen-bond donors (Lipinski definition) is 2. The molecule has 28 heavy (non-hydrogen) atoms. The number of thiazole rings is 1. The molecule has 0 saturated carbocycles. The van der Waals surface area contributed by atoms with Crippen LogP contribution in [0.25, 0.3) is 0 Å². The van der Waals surface area contributed by atoms with Crippen LogP contribution in [0, 0.1) is 0 Å². The molecule has 0 saturated heterocycles. The molecule has 1 aromatic carbocycles. The first-order chi connectivity index (χ1) is 13.6. The maximum atomic E-state index is 12.2. The van der Waals surface area contributed by atoms with Crippen LogP contribution in [0.1, 0.15) is 29.8 Å². The molecule has 2 N–H and O–H groups in total. The van der Waals surface area contributed by atoms with Crippen LogP contribution in [0.4, 0.5) is 9.93 Å². The van der Waals surface area contributed by atoms with Gasteiger partial charge in [-0.2, -0.15) is 0 Å². The zero-order chi connectivity index (χ0) is 19.9. The van der Waals surface area contributed by atoms with Gasteiger partial charge in [-0.25, -0.2) is 9.78 Å². The maximum Gasteiger partial charge on any atom is 0.321 e. The Bertz CT molecular complexity index is 937. The molecule has 0 aliphatic heterocycles. The van der Waals surface area contributed by atoms with Crippen LogP contribution in [0.3, 0.4) is 0 Å². The summed E-state index contributed by atoms with van der Waals surface area (Å²) in [7, 11) is 0. The Balaban J connectivity index is 1.61. The van der Waals surface area contributed by atoms with Crippen molar-refractivity contribution >= 4 is 45.7 Å². The molecule has 0 fully saturated rings. The van der Waals surface area contributed by atoms with Gasteiger partial charge in [0.1, 0.15) is 6.10 Å². The van der Waals surface area contributed by atoms with Crippen molar-refractivity contribution in [1.82, 2.24) is 15.3 Å². The minimum atomic E-state index is -0.360. The van der Waals surface area contributed by atoms with Crippen LogP contribution in [-0.2, 0) is 11.3 Å². The summed E-state index contributed by atoms with van der Waals surface area (Å²) in [6, 6.07) is 8.63. The summed E-state index contributed by atoms with van der Waals surface area (Å²) in [5, 5.41) is 8.76. The molecule has 3 rings (SSSR count). The monoisotopic (exact) mass is 436 g/mol. The molecule has 0 bridgehead atoms. The molecule has 2 amide bonds. The van der Waals surface area contributed by atoms with E-state index in [1.54, 1.807) is 30.6 Å². The number of halogens is 2. The molecule has 0 spiro atoms. The van der Waals surface area contributed by atoms with Crippen molar-refractivity contribution in [3.05, 3.63) is 75.0 Å². The lowest BCUT2D eigenvalue weighted by molar-refractivity contribution is 0.0886. The SMILES string of the molecule is CCOC(c1cccnc1)c1csc(NC(=O)NCc2ccc(Cl)c(Cl)c2)n1. The van der Waals surface area contributed by atoms with E-state index < -0.39 is 0 Å². The summed E-state index contributed by atoms with van der Waals surface area (Å²) in [5.74, 6) is 0. The lowest BCUT2D eigenvalue weighted by Gasteiger charge is -2.14. The average Bonchev–Trinajstić information content (AvgIpc) is 3.15. The number of amides is 2. The van der Waals surface area contributed by atoms with Crippen molar-refractivity contribution in [3.8, 4) is 0 Å². The number of nitrogens with zero attached hydrogens (tertiary/aromatic N) is 2. The van der Waals surface area contributed by atoms with E-state index in [9.17, 15) is 4.79 Å². The highest BCUT2D eigenvalue weighted by Gasteiger charge is 2.18. The van der Waals surface area contributed by atoms with Crippen LogP contribution < -0.4 is 10.6 Å². The number of pyridine rings is 1. The van der Waals surface area contributed by atoms with Crippen LogP contribution >= 0.6 is 34.5 Å². The smallest absolute Gasteiger partial charge is 0.321 e. The third-order valence-corrected chi connectivity index (χ3v) is 5.28. The highest BCUT2D eigenvalue weighted by molar-refractivity contribution is 7.13. The number of rotatable bonds is 7. The predicted molar refractivity (Wildman–Crippen MR) is 112 cm³/mol. The highest BCUT2D eigenvalue weighted by atomic mass is 35.5. The zero-order valence-electron chi connectivity index (χ0n) is 15.0. The van der Waals surface area contributed by atoms with Gasteiger partial charge in [0, 0.05) is 36.5 Å². The van der Waals surface area contributed by atoms with Crippen LogP contribution in [0.15, 0.2) is 48.1 Å². The molecule has 9 heteroatoms. The van der Waals surface area contributed by atoms with Gasteiger partial charge in [-0.3, -0.25) is 10.3 Å². The average molecular weight is 437 g/mol. The van der Waals surface area contributed by atoms with E-state index in [4.69, 9.17) is 27.9 Å². The normalized spacial score (nSPS) is 11.8. The summed E-state index contributed by atoms with van der Waals surface area (Å²) in [5.41, 5.74) is 2.47. The van der Waals surface area contributed by atoms with Crippen LogP contribution in [0.2, 0.25) is 10.0 Å². The molecule has 2 aromatic heterocycles. The van der Waals surface area contributed by atoms with Gasteiger partial charge in [0.05, 0.1) is 15.7 Å². The summed E-state index contributed by atoms with van der Waals surface area (Å²) in [4.78, 5) is 20.8. The second-order valence-electron chi connectivity index (χ2n) is 5.76. The lowest BCUT2D eigenvalue weighted by atomic mass is 10.1. The summed E-state index contributed by atoms with van der Waals surface area (Å²) in [6.45, 7) is 2.77. The Morgan fingerprint density at radius 2 is 2.14 bits per heavy atom. The molecule has 146 valence electrons. The van der Waals surface area contributed by atoms with Gasteiger partial charge in [-0.1, -0.05) is 35.3 Å². The minimum absolute atomic E-state index is 0.318. The van der Waals surface area contributed by atoms with Crippen molar-refractivity contribution in [2.75, 3.05) is 11.9 Å². The fourth-order valence-electron chi connectivity index (χ4n) is 2.49. The van der Waals surface area contributed by atoms with Gasteiger partial charge in [0.2, 0.25) is 0 Å². The van der Waals surface area contributed by atoms with E-state index in [1.807, 2.05) is 24.4 Å². The fourth-order valence-corrected chi connectivity index (χ4v) is 3.53. The molecular formula is C19H18Cl2N4O2S. The van der Waals surface area contributed by atoms with E-state index in [0.29, 0.717) is 28.3 Å². The number of urea groups is 1. The first-order valence-corrected chi connectivity index (χ1v) is 10.2. The van der Waals surface area contributed by atoms with Gasteiger partial charge in [-0.05, 0) is 30.7 Å². The van der Waals surface area contributed by atoms with Gasteiger partial charge >= 0.3 is 6.03 Å². The fraction of sp³-hybridized carbons (Fsp3) is 0.211. The van der Waals surface area contributed by atoms with Gasteiger partial charge < -0.3 is 10.1 Å². The molecular weight excluding hydrogens is 419 g/mol. The standard InChI is InChI=1S/C19H18Cl2N4O2S/c1-2-27-17(13-4-3-7-22-10-13)16-11-28-19(24-16)25-18(26)23-9-12-5-6-14(20)15(21)8-12/h3-8,10-11,17H,2,9H2,1H3,(H2,23,24,25,26). The largest absolute Gasteiger partial charge is 0.367 e. The Kier molecular flexibility index (Phi) is 7.22. The third-order valence-electron chi connectivity index (χ3n) is 3.77. The van der Waals surface area contributed by atoms with E-state index in [-0.39, 0.29) is 12.1 Å². The first kappa shape index (κ1) is 20.5. The summed E-state index contributed by atoms with van der Waals surface area (Å²) in [6.07, 6.45) is 3.12. The molecule has 2 heterocycles. The highest BCUT2D eigenvalue weighted by Crippen LogP contribution is 2.28. The van der Waals surface area contributed by atoms with Crippen molar-refractivity contribution in [2.24, 2.45) is 0 Å². The summed E-state index contributed by atoms with van der Waals surface area (Å²) < 4.78 is 5.81. The van der Waals surface area contributed by atoms with Crippen LogP contribution in [0.5, 0.6) is 0 Å². The quantitative estimate of drug-likeness (QED) is 0.527. The predicted octanol–water partition coefficient (Wildman–Crippen LogP) is 5.29. The third kappa shape index (κ3) is 5.42. The second-order valence-corrected chi connectivity index (χ2v) is 7.43. The molecule has 1 unspecified atom stereocenters. The summed E-state index contributed by atoms with van der Waals surface area (Å²) >= 11 is 13.2. The van der Waals surface area contributed by atoms with Gasteiger partial charge in [0.15, 0.2) is 5.13 Å². The number of aromatic nitrogens is 2. The van der Waals surface area contributed by atoms with Crippen LogP contribution in [-0.4, -0.2) is 22.6 Å². The lowest BCUT2D eigenvalue weighted by Crippen LogP contribution is -2.28. The number of hydrogen-bond acceptors (Lipinski definition) is 5. The van der Waals surface area contributed by atoms with E-state index in [1.165, 1.54) is 11.3 Å². The molecule has 3 aromatic rings.